The van der Waals surface area contributed by atoms with E-state index in [0.717, 1.165) is 5.56 Å². The van der Waals surface area contributed by atoms with Crippen LogP contribution in [0, 0.1) is 24.2 Å². The first-order chi connectivity index (χ1) is 12.0. The Morgan fingerprint density at radius 1 is 1.12 bits per heavy atom. The summed E-state index contributed by atoms with van der Waals surface area (Å²) in [7, 11) is 3.00. The third kappa shape index (κ3) is 4.15. The number of hydrogen-bond acceptors (Lipinski definition) is 5. The summed E-state index contributed by atoms with van der Waals surface area (Å²) in [5.41, 5.74) is 1.54. The third-order valence-corrected chi connectivity index (χ3v) is 3.68. The summed E-state index contributed by atoms with van der Waals surface area (Å²) in [6.45, 7) is 1.84. The van der Waals surface area contributed by atoms with Crippen molar-refractivity contribution in [3.63, 3.8) is 0 Å². The second kappa shape index (κ2) is 7.97. The molecular weight excluding hydrogens is 320 g/mol. The van der Waals surface area contributed by atoms with Crippen molar-refractivity contribution in [1.82, 2.24) is 0 Å². The summed E-state index contributed by atoms with van der Waals surface area (Å²) in [4.78, 5) is 24.9. The molecule has 0 fully saturated rings. The Morgan fingerprint density at radius 3 is 2.52 bits per heavy atom. The second-order valence-corrected chi connectivity index (χ2v) is 5.33. The van der Waals surface area contributed by atoms with Gasteiger partial charge in [0, 0.05) is 17.3 Å². The minimum absolute atomic E-state index is 0.245. The molecule has 0 aliphatic rings. The fraction of sp³-hybridized carbons (Fsp3) is 0.211. The van der Waals surface area contributed by atoms with E-state index in [4.69, 9.17) is 9.47 Å². The lowest BCUT2D eigenvalue weighted by molar-refractivity contribution is -0.117. The number of ketones is 1. The number of Topliss-reactive ketones (excluding diaryl/α,β-unsaturated/α-hetero) is 1. The van der Waals surface area contributed by atoms with Gasteiger partial charge in [-0.25, -0.2) is 0 Å². The summed E-state index contributed by atoms with van der Waals surface area (Å²) in [5, 5.41) is 11.9. The van der Waals surface area contributed by atoms with Crippen LogP contribution < -0.4 is 14.8 Å². The van der Waals surface area contributed by atoms with Crippen LogP contribution >= 0.6 is 0 Å². The van der Waals surface area contributed by atoms with Crippen LogP contribution in [0.5, 0.6) is 11.5 Å². The summed E-state index contributed by atoms with van der Waals surface area (Å²) in [5.74, 6) is -1.66. The molecule has 128 valence electrons. The van der Waals surface area contributed by atoms with Crippen molar-refractivity contribution in [2.45, 2.75) is 6.92 Å². The Hall–Kier alpha value is -3.33. The number of benzene rings is 2. The van der Waals surface area contributed by atoms with Crippen molar-refractivity contribution in [2.75, 3.05) is 19.5 Å². The molecule has 1 atom stereocenters. The van der Waals surface area contributed by atoms with Crippen LogP contribution in [0.2, 0.25) is 0 Å². The normalized spacial score (nSPS) is 11.1. The SMILES string of the molecule is COc1cccc(NC(=O)C(C#N)C(=O)c2ccc(C)c(OC)c2)c1. The molecule has 6 heteroatoms. The van der Waals surface area contributed by atoms with E-state index < -0.39 is 17.6 Å². The molecule has 1 amide bonds. The minimum Gasteiger partial charge on any atom is -0.497 e. The number of nitriles is 1. The van der Waals surface area contributed by atoms with Crippen molar-refractivity contribution in [1.29, 1.82) is 5.26 Å². The zero-order valence-corrected chi connectivity index (χ0v) is 14.2. The molecule has 2 aromatic carbocycles. The van der Waals surface area contributed by atoms with E-state index in [1.807, 2.05) is 6.92 Å². The molecule has 0 aromatic heterocycles. The first kappa shape index (κ1) is 18.0. The van der Waals surface area contributed by atoms with Crippen LogP contribution in [-0.2, 0) is 4.79 Å². The standard InChI is InChI=1S/C19H18N2O4/c1-12-7-8-13(9-17(12)25-3)18(22)16(11-20)19(23)21-14-5-4-6-15(10-14)24-2/h4-10,16H,1-3H3,(H,21,23). The van der Waals surface area contributed by atoms with Gasteiger partial charge < -0.3 is 14.8 Å². The Morgan fingerprint density at radius 2 is 1.88 bits per heavy atom. The molecule has 0 radical (unpaired) electrons. The van der Waals surface area contributed by atoms with Crippen LogP contribution in [0.15, 0.2) is 42.5 Å². The number of ether oxygens (including phenoxy) is 2. The van der Waals surface area contributed by atoms with Gasteiger partial charge in [-0.05, 0) is 30.7 Å². The van der Waals surface area contributed by atoms with Crippen molar-refractivity contribution in [3.05, 3.63) is 53.6 Å². The lowest BCUT2D eigenvalue weighted by atomic mass is 9.97. The smallest absolute Gasteiger partial charge is 0.249 e. The van der Waals surface area contributed by atoms with E-state index in [-0.39, 0.29) is 5.56 Å². The van der Waals surface area contributed by atoms with Crippen LogP contribution in [0.1, 0.15) is 15.9 Å². The number of aryl methyl sites for hydroxylation is 1. The van der Waals surface area contributed by atoms with Crippen LogP contribution in [0.3, 0.4) is 0 Å². The van der Waals surface area contributed by atoms with Crippen molar-refractivity contribution in [2.24, 2.45) is 5.92 Å². The molecule has 1 unspecified atom stereocenters. The molecule has 0 aliphatic carbocycles. The van der Waals surface area contributed by atoms with Gasteiger partial charge >= 0.3 is 0 Å². The fourth-order valence-electron chi connectivity index (χ4n) is 2.29. The Balaban J connectivity index is 2.21. The van der Waals surface area contributed by atoms with Gasteiger partial charge in [0.1, 0.15) is 11.5 Å². The summed E-state index contributed by atoms with van der Waals surface area (Å²) >= 11 is 0. The quantitative estimate of drug-likeness (QED) is 0.646. The molecule has 25 heavy (non-hydrogen) atoms. The average molecular weight is 338 g/mol. The number of nitrogens with zero attached hydrogens (tertiary/aromatic N) is 1. The number of nitrogens with one attached hydrogen (secondary N) is 1. The van der Waals surface area contributed by atoms with Gasteiger partial charge in [-0.15, -0.1) is 0 Å². The summed E-state index contributed by atoms with van der Waals surface area (Å²) < 4.78 is 10.3. The monoisotopic (exact) mass is 338 g/mol. The van der Waals surface area contributed by atoms with Gasteiger partial charge in [0.15, 0.2) is 11.7 Å². The average Bonchev–Trinajstić information content (AvgIpc) is 2.62. The van der Waals surface area contributed by atoms with Crippen molar-refractivity contribution < 1.29 is 19.1 Å². The predicted molar refractivity (Wildman–Crippen MR) is 92.8 cm³/mol. The minimum atomic E-state index is -1.46. The van der Waals surface area contributed by atoms with Gasteiger partial charge in [-0.3, -0.25) is 9.59 Å². The molecule has 6 nitrogen and oxygen atoms in total. The maximum absolute atomic E-state index is 12.5. The third-order valence-electron chi connectivity index (χ3n) is 3.68. The van der Waals surface area contributed by atoms with E-state index in [9.17, 15) is 14.9 Å². The molecule has 0 aliphatic heterocycles. The number of carbonyl (C=O) groups is 2. The van der Waals surface area contributed by atoms with E-state index in [1.54, 1.807) is 42.5 Å². The topological polar surface area (TPSA) is 88.4 Å². The molecule has 1 N–H and O–H groups in total. The molecule has 0 saturated carbocycles. The Labute approximate surface area is 146 Å². The zero-order valence-electron chi connectivity index (χ0n) is 14.2. The highest BCUT2D eigenvalue weighted by Gasteiger charge is 2.28. The largest absolute Gasteiger partial charge is 0.497 e. The number of methoxy groups -OCH3 is 2. The maximum Gasteiger partial charge on any atom is 0.249 e. The summed E-state index contributed by atoms with van der Waals surface area (Å²) in [6, 6.07) is 13.2. The highest BCUT2D eigenvalue weighted by Crippen LogP contribution is 2.22. The van der Waals surface area contributed by atoms with Gasteiger partial charge in [0.2, 0.25) is 5.91 Å². The lowest BCUT2D eigenvalue weighted by Gasteiger charge is -2.12. The molecular formula is C19H18N2O4. The zero-order chi connectivity index (χ0) is 18.4. The number of carbonyl (C=O) groups excluding carboxylic acids is 2. The highest BCUT2D eigenvalue weighted by molar-refractivity contribution is 6.15. The van der Waals surface area contributed by atoms with Gasteiger partial charge in [-0.1, -0.05) is 18.2 Å². The van der Waals surface area contributed by atoms with E-state index in [2.05, 4.69) is 5.32 Å². The molecule has 2 rings (SSSR count). The number of rotatable bonds is 6. The maximum atomic E-state index is 12.5. The predicted octanol–water partition coefficient (Wildman–Crippen LogP) is 2.97. The van der Waals surface area contributed by atoms with Gasteiger partial charge in [-0.2, -0.15) is 5.26 Å². The van der Waals surface area contributed by atoms with E-state index in [1.165, 1.54) is 20.3 Å². The second-order valence-electron chi connectivity index (χ2n) is 5.33. The lowest BCUT2D eigenvalue weighted by Crippen LogP contribution is -2.28. The Bertz CT molecular complexity index is 840. The number of amides is 1. The van der Waals surface area contributed by atoms with Gasteiger partial charge in [0.25, 0.3) is 0 Å². The Kier molecular flexibility index (Phi) is 5.75. The molecule has 0 bridgehead atoms. The summed E-state index contributed by atoms with van der Waals surface area (Å²) in [6.07, 6.45) is 0. The molecule has 0 saturated heterocycles. The molecule has 2 aromatic rings. The molecule has 0 spiro atoms. The van der Waals surface area contributed by atoms with Gasteiger partial charge in [0.05, 0.1) is 20.3 Å². The van der Waals surface area contributed by atoms with Crippen LogP contribution in [-0.4, -0.2) is 25.9 Å². The fourth-order valence-corrected chi connectivity index (χ4v) is 2.29. The highest BCUT2D eigenvalue weighted by atomic mass is 16.5. The first-order valence-corrected chi connectivity index (χ1v) is 7.53. The molecule has 0 heterocycles. The van der Waals surface area contributed by atoms with Crippen molar-refractivity contribution in [3.8, 4) is 17.6 Å². The number of hydrogen-bond donors (Lipinski definition) is 1. The number of anilines is 1. The van der Waals surface area contributed by atoms with E-state index in [0.29, 0.717) is 17.2 Å². The first-order valence-electron chi connectivity index (χ1n) is 7.53. The van der Waals surface area contributed by atoms with Crippen LogP contribution in [0.4, 0.5) is 5.69 Å². The van der Waals surface area contributed by atoms with E-state index >= 15 is 0 Å². The van der Waals surface area contributed by atoms with Crippen LogP contribution in [0.25, 0.3) is 0 Å². The van der Waals surface area contributed by atoms with Crippen molar-refractivity contribution >= 4 is 17.4 Å².